The summed E-state index contributed by atoms with van der Waals surface area (Å²) in [6.07, 6.45) is 3.53. The summed E-state index contributed by atoms with van der Waals surface area (Å²) in [5, 5.41) is 3.09. The molecular formula is C17H25N5O2. The molecule has 0 bridgehead atoms. The Bertz CT molecular complexity index is 602. The van der Waals surface area contributed by atoms with Gasteiger partial charge in [0.2, 0.25) is 5.91 Å². The summed E-state index contributed by atoms with van der Waals surface area (Å²) in [6, 6.07) is 3.81. The number of piperazine rings is 1. The Hall–Kier alpha value is -2.15. The molecule has 3 rings (SSSR count). The maximum Gasteiger partial charge on any atom is 0.255 e. The molecule has 2 aliphatic rings. The van der Waals surface area contributed by atoms with Gasteiger partial charge in [0.05, 0.1) is 12.1 Å². The number of carbonyl (C=O) groups is 2. The van der Waals surface area contributed by atoms with Gasteiger partial charge in [0.1, 0.15) is 5.82 Å². The second kappa shape index (κ2) is 7.17. The smallest absolute Gasteiger partial charge is 0.255 e. The number of carbonyl (C=O) groups excluding carboxylic acids is 2. The van der Waals surface area contributed by atoms with E-state index in [1.54, 1.807) is 6.20 Å². The molecule has 2 fully saturated rings. The number of likely N-dealkylation sites (tertiary alicyclic amines) is 1. The Balaban J connectivity index is 1.67. The van der Waals surface area contributed by atoms with Gasteiger partial charge in [-0.1, -0.05) is 0 Å². The lowest BCUT2D eigenvalue weighted by Gasteiger charge is -2.41. The van der Waals surface area contributed by atoms with Crippen LogP contribution in [0.25, 0.3) is 0 Å². The predicted octanol–water partition coefficient (Wildman–Crippen LogP) is 0.184. The lowest BCUT2D eigenvalue weighted by molar-refractivity contribution is -0.135. The van der Waals surface area contributed by atoms with Crippen LogP contribution in [-0.4, -0.2) is 79.5 Å². The van der Waals surface area contributed by atoms with Crippen molar-refractivity contribution in [3.8, 4) is 0 Å². The molecule has 1 aromatic heterocycles. The molecule has 0 aliphatic carbocycles. The zero-order valence-electron chi connectivity index (χ0n) is 14.4. The first kappa shape index (κ1) is 16.7. The fourth-order valence-corrected chi connectivity index (χ4v) is 3.36. The first-order valence-electron chi connectivity index (χ1n) is 8.49. The average molecular weight is 331 g/mol. The molecule has 7 nitrogen and oxygen atoms in total. The van der Waals surface area contributed by atoms with Gasteiger partial charge in [0.25, 0.3) is 5.91 Å². The van der Waals surface area contributed by atoms with E-state index in [1.807, 2.05) is 40.9 Å². The summed E-state index contributed by atoms with van der Waals surface area (Å²) in [7, 11) is 3.84. The maximum atomic E-state index is 12.7. The van der Waals surface area contributed by atoms with Crippen molar-refractivity contribution >= 4 is 17.6 Å². The van der Waals surface area contributed by atoms with Gasteiger partial charge in [0.15, 0.2) is 0 Å². The van der Waals surface area contributed by atoms with Crippen LogP contribution in [0.5, 0.6) is 0 Å². The molecule has 130 valence electrons. The van der Waals surface area contributed by atoms with E-state index in [1.165, 1.54) is 0 Å². The van der Waals surface area contributed by atoms with Gasteiger partial charge < -0.3 is 20.0 Å². The average Bonchev–Trinajstić information content (AvgIpc) is 2.61. The number of piperidine rings is 1. The summed E-state index contributed by atoms with van der Waals surface area (Å²) >= 11 is 0. The Morgan fingerprint density at radius 1 is 1.33 bits per heavy atom. The maximum absolute atomic E-state index is 12.7. The number of nitrogens with zero attached hydrogens (tertiary/aromatic N) is 4. The van der Waals surface area contributed by atoms with Crippen LogP contribution in [0.4, 0.5) is 5.82 Å². The molecule has 1 N–H and O–H groups in total. The number of amides is 2. The van der Waals surface area contributed by atoms with Crippen molar-refractivity contribution in [2.45, 2.75) is 18.9 Å². The molecule has 2 amide bonds. The van der Waals surface area contributed by atoms with Gasteiger partial charge in [-0.05, 0) is 25.0 Å². The number of hydrogen-bond donors (Lipinski definition) is 1. The van der Waals surface area contributed by atoms with E-state index in [-0.39, 0.29) is 17.9 Å². The van der Waals surface area contributed by atoms with Crippen molar-refractivity contribution in [2.24, 2.45) is 0 Å². The molecule has 1 unspecified atom stereocenters. The summed E-state index contributed by atoms with van der Waals surface area (Å²) in [5.74, 6) is 0.965. The first-order chi connectivity index (χ1) is 11.6. The van der Waals surface area contributed by atoms with Gasteiger partial charge in [-0.3, -0.25) is 9.59 Å². The quantitative estimate of drug-likeness (QED) is 0.856. The molecule has 3 heterocycles. The molecule has 2 saturated heterocycles. The number of pyridine rings is 1. The number of hydrogen-bond acceptors (Lipinski definition) is 5. The first-order valence-corrected chi connectivity index (χ1v) is 8.49. The minimum Gasteiger partial charge on any atom is -0.363 e. The zero-order valence-corrected chi connectivity index (χ0v) is 14.4. The van der Waals surface area contributed by atoms with Crippen LogP contribution in [0.1, 0.15) is 23.2 Å². The highest BCUT2D eigenvalue weighted by molar-refractivity contribution is 5.94. The monoisotopic (exact) mass is 331 g/mol. The van der Waals surface area contributed by atoms with Gasteiger partial charge in [-0.15, -0.1) is 0 Å². The van der Waals surface area contributed by atoms with Crippen molar-refractivity contribution in [3.63, 3.8) is 0 Å². The zero-order chi connectivity index (χ0) is 17.1. The largest absolute Gasteiger partial charge is 0.363 e. The van der Waals surface area contributed by atoms with Crippen molar-refractivity contribution in [2.75, 3.05) is 51.7 Å². The molecule has 0 saturated carbocycles. The summed E-state index contributed by atoms with van der Waals surface area (Å²) in [6.45, 7) is 3.31. The molecule has 24 heavy (non-hydrogen) atoms. The van der Waals surface area contributed by atoms with Crippen LogP contribution < -0.4 is 10.2 Å². The van der Waals surface area contributed by atoms with Crippen LogP contribution in [0, 0.1) is 0 Å². The van der Waals surface area contributed by atoms with Gasteiger partial charge in [-0.25, -0.2) is 4.98 Å². The van der Waals surface area contributed by atoms with Crippen LogP contribution in [0.15, 0.2) is 18.3 Å². The van der Waals surface area contributed by atoms with Gasteiger partial charge >= 0.3 is 0 Å². The van der Waals surface area contributed by atoms with E-state index in [0.717, 1.165) is 38.3 Å². The highest BCUT2D eigenvalue weighted by Crippen LogP contribution is 2.19. The van der Waals surface area contributed by atoms with E-state index >= 15 is 0 Å². The third-order valence-electron chi connectivity index (χ3n) is 4.70. The Kier molecular flexibility index (Phi) is 4.99. The predicted molar refractivity (Wildman–Crippen MR) is 92.1 cm³/mol. The van der Waals surface area contributed by atoms with Crippen LogP contribution in [0.2, 0.25) is 0 Å². The van der Waals surface area contributed by atoms with Gasteiger partial charge in [-0.2, -0.15) is 0 Å². The Labute approximate surface area is 142 Å². The molecule has 0 aromatic carbocycles. The van der Waals surface area contributed by atoms with E-state index in [0.29, 0.717) is 18.7 Å². The van der Waals surface area contributed by atoms with E-state index in [9.17, 15) is 9.59 Å². The second-order valence-corrected chi connectivity index (χ2v) is 6.61. The SMILES string of the molecule is CN(C)c1ccc(C(=O)N2CCCC(N3CCNCC3=O)C2)cn1. The minimum absolute atomic E-state index is 0.0000829. The highest BCUT2D eigenvalue weighted by Gasteiger charge is 2.31. The fraction of sp³-hybridized carbons (Fsp3) is 0.588. The molecule has 1 aromatic rings. The van der Waals surface area contributed by atoms with Gasteiger partial charge in [0, 0.05) is 52.5 Å². The number of nitrogens with one attached hydrogen (secondary N) is 1. The third kappa shape index (κ3) is 3.51. The second-order valence-electron chi connectivity index (χ2n) is 6.61. The normalized spacial score (nSPS) is 21.8. The number of anilines is 1. The standard InChI is InChI=1S/C17H25N5O2/c1-20(2)15-6-5-13(10-19-15)17(24)21-8-3-4-14(12-21)22-9-7-18-11-16(22)23/h5-6,10,14,18H,3-4,7-9,11-12H2,1-2H3. The molecule has 2 aliphatic heterocycles. The van der Waals surface area contributed by atoms with E-state index < -0.39 is 0 Å². The topological polar surface area (TPSA) is 68.8 Å². The molecule has 7 heteroatoms. The molecule has 1 atom stereocenters. The Morgan fingerprint density at radius 3 is 2.83 bits per heavy atom. The lowest BCUT2D eigenvalue weighted by atomic mass is 10.0. The summed E-state index contributed by atoms with van der Waals surface area (Å²) in [5.41, 5.74) is 0.605. The summed E-state index contributed by atoms with van der Waals surface area (Å²) < 4.78 is 0. The van der Waals surface area contributed by atoms with E-state index in [4.69, 9.17) is 0 Å². The fourth-order valence-electron chi connectivity index (χ4n) is 3.36. The summed E-state index contributed by atoms with van der Waals surface area (Å²) in [4.78, 5) is 34.8. The van der Waals surface area contributed by atoms with Crippen LogP contribution in [-0.2, 0) is 4.79 Å². The van der Waals surface area contributed by atoms with E-state index in [2.05, 4.69) is 10.3 Å². The molecule has 0 spiro atoms. The number of rotatable bonds is 3. The van der Waals surface area contributed by atoms with Crippen molar-refractivity contribution in [1.29, 1.82) is 0 Å². The van der Waals surface area contributed by atoms with Crippen molar-refractivity contribution in [3.05, 3.63) is 23.9 Å². The van der Waals surface area contributed by atoms with Crippen LogP contribution >= 0.6 is 0 Å². The highest BCUT2D eigenvalue weighted by atomic mass is 16.2. The van der Waals surface area contributed by atoms with Crippen LogP contribution in [0.3, 0.4) is 0 Å². The molecular weight excluding hydrogens is 306 g/mol. The molecule has 0 radical (unpaired) electrons. The Morgan fingerprint density at radius 2 is 2.17 bits per heavy atom. The minimum atomic E-state index is 0.0000829. The van der Waals surface area contributed by atoms with Crippen molar-refractivity contribution < 1.29 is 9.59 Å². The lowest BCUT2D eigenvalue weighted by Crippen LogP contribution is -2.57. The number of aromatic nitrogens is 1. The third-order valence-corrected chi connectivity index (χ3v) is 4.70. The van der Waals surface area contributed by atoms with Crippen molar-refractivity contribution in [1.82, 2.24) is 20.1 Å².